The van der Waals surface area contributed by atoms with Crippen molar-refractivity contribution in [2.75, 3.05) is 12.1 Å². The van der Waals surface area contributed by atoms with Gasteiger partial charge in [0.05, 0.1) is 0 Å². The summed E-state index contributed by atoms with van der Waals surface area (Å²) in [7, 11) is 0. The highest BCUT2D eigenvalue weighted by Gasteiger charge is 2.18. The second-order valence-corrected chi connectivity index (χ2v) is 6.25. The number of anilines is 1. The van der Waals surface area contributed by atoms with Gasteiger partial charge in [0.1, 0.15) is 0 Å². The van der Waals surface area contributed by atoms with Crippen LogP contribution in [-0.2, 0) is 13.0 Å². The van der Waals surface area contributed by atoms with E-state index in [4.69, 9.17) is 9.47 Å². The summed E-state index contributed by atoms with van der Waals surface area (Å²) < 4.78 is 10.8. The minimum absolute atomic E-state index is 0.310. The van der Waals surface area contributed by atoms with Gasteiger partial charge in [-0.1, -0.05) is 42.5 Å². The van der Waals surface area contributed by atoms with E-state index in [2.05, 4.69) is 47.8 Å². The van der Waals surface area contributed by atoms with Crippen molar-refractivity contribution in [1.82, 2.24) is 0 Å². The van der Waals surface area contributed by atoms with Crippen molar-refractivity contribution >= 4 is 5.69 Å². The minimum atomic E-state index is 0.310. The van der Waals surface area contributed by atoms with E-state index in [0.717, 1.165) is 30.2 Å². The summed E-state index contributed by atoms with van der Waals surface area (Å²) >= 11 is 0. The maximum Gasteiger partial charge on any atom is 0.231 e. The molecule has 0 saturated carbocycles. The fourth-order valence-corrected chi connectivity index (χ4v) is 3.52. The van der Waals surface area contributed by atoms with Gasteiger partial charge in [-0.05, 0) is 46.4 Å². The Morgan fingerprint density at radius 1 is 0.792 bits per heavy atom. The molecule has 0 fully saturated rings. The van der Waals surface area contributed by atoms with Crippen molar-refractivity contribution in [3.63, 3.8) is 0 Å². The van der Waals surface area contributed by atoms with Crippen LogP contribution in [0.25, 0.3) is 11.1 Å². The highest BCUT2D eigenvalue weighted by molar-refractivity contribution is 5.77. The first-order chi connectivity index (χ1) is 11.9. The van der Waals surface area contributed by atoms with Crippen LogP contribution in [0, 0.1) is 0 Å². The van der Waals surface area contributed by atoms with E-state index in [0.29, 0.717) is 6.79 Å². The minimum Gasteiger partial charge on any atom is -0.454 e. The van der Waals surface area contributed by atoms with Gasteiger partial charge in [0.25, 0.3) is 0 Å². The molecular formula is C21H17NO2. The third-order valence-corrected chi connectivity index (χ3v) is 4.73. The van der Waals surface area contributed by atoms with E-state index in [1.54, 1.807) is 0 Å². The summed E-state index contributed by atoms with van der Waals surface area (Å²) in [6, 6.07) is 21.4. The number of hydrogen-bond donors (Lipinski definition) is 1. The Balaban J connectivity index is 1.35. The van der Waals surface area contributed by atoms with Crippen LogP contribution < -0.4 is 14.8 Å². The smallest absolute Gasteiger partial charge is 0.231 e. The molecule has 5 rings (SSSR count). The topological polar surface area (TPSA) is 30.5 Å². The predicted molar refractivity (Wildman–Crippen MR) is 94.6 cm³/mol. The summed E-state index contributed by atoms with van der Waals surface area (Å²) in [5.41, 5.74) is 7.93. The summed E-state index contributed by atoms with van der Waals surface area (Å²) in [5, 5.41) is 3.47. The van der Waals surface area contributed by atoms with Crippen LogP contribution in [0.3, 0.4) is 0 Å². The first kappa shape index (κ1) is 13.5. The van der Waals surface area contributed by atoms with Gasteiger partial charge in [-0.25, -0.2) is 0 Å². The standard InChI is InChI=1S/C21H17NO2/c1-2-4-18-15(3-1)10-16-9-14(5-7-19(16)18)12-22-17-6-8-20-21(11-17)24-13-23-20/h1-9,11,22H,10,12-13H2. The molecule has 0 radical (unpaired) electrons. The molecule has 1 N–H and O–H groups in total. The molecule has 0 saturated heterocycles. The van der Waals surface area contributed by atoms with Gasteiger partial charge in [-0.15, -0.1) is 0 Å². The third kappa shape index (κ3) is 2.21. The van der Waals surface area contributed by atoms with Gasteiger partial charge in [0.2, 0.25) is 6.79 Å². The molecule has 0 unspecified atom stereocenters. The van der Waals surface area contributed by atoms with Gasteiger partial charge in [0.15, 0.2) is 11.5 Å². The zero-order valence-corrected chi connectivity index (χ0v) is 13.2. The van der Waals surface area contributed by atoms with E-state index in [1.165, 1.54) is 27.8 Å². The van der Waals surface area contributed by atoms with Crippen LogP contribution in [0.1, 0.15) is 16.7 Å². The number of nitrogens with one attached hydrogen (secondary N) is 1. The molecule has 24 heavy (non-hydrogen) atoms. The molecule has 118 valence electrons. The van der Waals surface area contributed by atoms with Crippen molar-refractivity contribution in [1.29, 1.82) is 0 Å². The highest BCUT2D eigenvalue weighted by Crippen LogP contribution is 2.37. The fourth-order valence-electron chi connectivity index (χ4n) is 3.52. The van der Waals surface area contributed by atoms with Gasteiger partial charge < -0.3 is 14.8 Å². The fraction of sp³-hybridized carbons (Fsp3) is 0.143. The average Bonchev–Trinajstić information content (AvgIpc) is 3.23. The van der Waals surface area contributed by atoms with Crippen molar-refractivity contribution in [3.05, 3.63) is 77.4 Å². The third-order valence-electron chi connectivity index (χ3n) is 4.73. The monoisotopic (exact) mass is 315 g/mol. The number of hydrogen-bond acceptors (Lipinski definition) is 3. The summed E-state index contributed by atoms with van der Waals surface area (Å²) in [5.74, 6) is 1.63. The van der Waals surface area contributed by atoms with Gasteiger partial charge >= 0.3 is 0 Å². The molecule has 0 atom stereocenters. The molecule has 3 aromatic rings. The summed E-state index contributed by atoms with van der Waals surface area (Å²) in [4.78, 5) is 0. The van der Waals surface area contributed by atoms with Crippen molar-refractivity contribution < 1.29 is 9.47 Å². The lowest BCUT2D eigenvalue weighted by atomic mass is 10.0. The zero-order chi connectivity index (χ0) is 15.9. The second-order valence-electron chi connectivity index (χ2n) is 6.25. The Bertz CT molecular complexity index is 933. The van der Waals surface area contributed by atoms with Crippen LogP contribution in [0.15, 0.2) is 60.7 Å². The van der Waals surface area contributed by atoms with E-state index in [1.807, 2.05) is 18.2 Å². The number of rotatable bonds is 3. The normalized spacial score (nSPS) is 13.5. The largest absolute Gasteiger partial charge is 0.454 e. The number of ether oxygens (including phenoxy) is 2. The first-order valence-corrected chi connectivity index (χ1v) is 8.20. The predicted octanol–water partition coefficient (Wildman–Crippen LogP) is 4.60. The van der Waals surface area contributed by atoms with E-state index >= 15 is 0 Å². The van der Waals surface area contributed by atoms with Crippen LogP contribution in [-0.4, -0.2) is 6.79 Å². The zero-order valence-electron chi connectivity index (χ0n) is 13.2. The maximum atomic E-state index is 5.43. The van der Waals surface area contributed by atoms with Crippen LogP contribution in [0.2, 0.25) is 0 Å². The van der Waals surface area contributed by atoms with Crippen molar-refractivity contribution in [3.8, 4) is 22.6 Å². The molecule has 3 nitrogen and oxygen atoms in total. The molecule has 1 aliphatic carbocycles. The van der Waals surface area contributed by atoms with Crippen molar-refractivity contribution in [2.45, 2.75) is 13.0 Å². The summed E-state index contributed by atoms with van der Waals surface area (Å²) in [6.45, 7) is 1.10. The molecule has 2 aliphatic rings. The molecule has 0 bridgehead atoms. The highest BCUT2D eigenvalue weighted by atomic mass is 16.7. The van der Waals surface area contributed by atoms with Crippen molar-refractivity contribution in [2.24, 2.45) is 0 Å². The maximum absolute atomic E-state index is 5.43. The van der Waals surface area contributed by atoms with Crippen LogP contribution in [0.4, 0.5) is 5.69 Å². The van der Waals surface area contributed by atoms with Crippen LogP contribution in [0.5, 0.6) is 11.5 Å². The lowest BCUT2D eigenvalue weighted by Crippen LogP contribution is -2.00. The molecule has 1 aliphatic heterocycles. The molecule has 0 spiro atoms. The lowest BCUT2D eigenvalue weighted by Gasteiger charge is -2.09. The Morgan fingerprint density at radius 3 is 2.67 bits per heavy atom. The Kier molecular flexibility index (Phi) is 2.98. The first-order valence-electron chi connectivity index (χ1n) is 8.20. The second kappa shape index (κ2) is 5.31. The number of benzene rings is 3. The Hall–Kier alpha value is -2.94. The lowest BCUT2D eigenvalue weighted by molar-refractivity contribution is 0.174. The molecule has 0 amide bonds. The molecule has 1 heterocycles. The molecule has 0 aromatic heterocycles. The van der Waals surface area contributed by atoms with E-state index in [-0.39, 0.29) is 0 Å². The Labute approximate surface area is 140 Å². The average molecular weight is 315 g/mol. The summed E-state index contributed by atoms with van der Waals surface area (Å²) in [6.07, 6.45) is 1.03. The molecular weight excluding hydrogens is 298 g/mol. The molecule has 3 aromatic carbocycles. The van der Waals surface area contributed by atoms with Crippen LogP contribution >= 0.6 is 0 Å². The Morgan fingerprint density at radius 2 is 1.67 bits per heavy atom. The van der Waals surface area contributed by atoms with Gasteiger partial charge in [-0.3, -0.25) is 0 Å². The van der Waals surface area contributed by atoms with E-state index in [9.17, 15) is 0 Å². The van der Waals surface area contributed by atoms with Gasteiger partial charge in [0, 0.05) is 18.3 Å². The molecule has 3 heteroatoms. The van der Waals surface area contributed by atoms with Gasteiger partial charge in [-0.2, -0.15) is 0 Å². The van der Waals surface area contributed by atoms with E-state index < -0.39 is 0 Å². The number of fused-ring (bicyclic) bond motifs is 4. The quantitative estimate of drug-likeness (QED) is 0.599. The SMILES string of the molecule is c1ccc2c(c1)Cc1cc(CNc3ccc4c(c3)OCO4)ccc1-2.